The van der Waals surface area contributed by atoms with Gasteiger partial charge < -0.3 is 5.32 Å². The summed E-state index contributed by atoms with van der Waals surface area (Å²) in [6, 6.07) is 8.87. The zero-order valence-corrected chi connectivity index (χ0v) is 11.2. The van der Waals surface area contributed by atoms with E-state index in [1.165, 1.54) is 31.4 Å². The average molecular weight is 257 g/mol. The summed E-state index contributed by atoms with van der Waals surface area (Å²) < 4.78 is 1.66. The van der Waals surface area contributed by atoms with Gasteiger partial charge in [-0.05, 0) is 66.3 Å². The zero-order chi connectivity index (χ0) is 13.1. The Labute approximate surface area is 113 Å². The lowest BCUT2D eigenvalue weighted by Crippen LogP contribution is -2.25. The molecule has 1 fully saturated rings. The summed E-state index contributed by atoms with van der Waals surface area (Å²) in [5, 5.41) is 14.8. The molecule has 19 heavy (non-hydrogen) atoms. The van der Waals surface area contributed by atoms with Gasteiger partial charge in [-0.1, -0.05) is 6.92 Å². The number of hydrogen-bond acceptors (Lipinski definition) is 4. The highest BCUT2D eigenvalue weighted by Crippen LogP contribution is 2.26. The molecular formula is C14H19N5. The standard InChI is InChI=1S/C14H19N5/c1-11-2-4-12(5-3-11)16-13-6-8-14(9-7-13)19-10-15-17-18-19/h6-12,16H,2-5H2,1H3. The molecule has 100 valence electrons. The van der Waals surface area contributed by atoms with Crippen molar-refractivity contribution < 1.29 is 0 Å². The minimum atomic E-state index is 0.620. The SMILES string of the molecule is CC1CCC(Nc2ccc(-n3cnnn3)cc2)CC1. The van der Waals surface area contributed by atoms with E-state index in [9.17, 15) is 0 Å². The van der Waals surface area contributed by atoms with E-state index < -0.39 is 0 Å². The fraction of sp³-hybridized carbons (Fsp3) is 0.500. The number of hydrogen-bond donors (Lipinski definition) is 1. The average Bonchev–Trinajstić information content (AvgIpc) is 2.96. The van der Waals surface area contributed by atoms with Gasteiger partial charge in [0.1, 0.15) is 6.33 Å². The van der Waals surface area contributed by atoms with Crippen molar-refractivity contribution in [1.29, 1.82) is 0 Å². The predicted octanol–water partition coefficient (Wildman–Crippen LogP) is 2.65. The maximum atomic E-state index is 3.88. The molecule has 1 aliphatic carbocycles. The van der Waals surface area contributed by atoms with Crippen molar-refractivity contribution in [2.24, 2.45) is 5.92 Å². The van der Waals surface area contributed by atoms with Crippen LogP contribution in [0.5, 0.6) is 0 Å². The van der Waals surface area contributed by atoms with Gasteiger partial charge in [-0.3, -0.25) is 0 Å². The number of nitrogens with one attached hydrogen (secondary N) is 1. The van der Waals surface area contributed by atoms with Crippen molar-refractivity contribution in [3.05, 3.63) is 30.6 Å². The molecule has 0 unspecified atom stereocenters. The molecule has 0 spiro atoms. The van der Waals surface area contributed by atoms with E-state index in [0.717, 1.165) is 11.6 Å². The van der Waals surface area contributed by atoms with Gasteiger partial charge in [0.25, 0.3) is 0 Å². The molecule has 1 saturated carbocycles. The van der Waals surface area contributed by atoms with Crippen LogP contribution in [0, 0.1) is 5.92 Å². The lowest BCUT2D eigenvalue weighted by molar-refractivity contribution is 0.361. The Hall–Kier alpha value is -1.91. The van der Waals surface area contributed by atoms with Gasteiger partial charge in [0.2, 0.25) is 0 Å². The zero-order valence-electron chi connectivity index (χ0n) is 11.2. The molecule has 0 atom stereocenters. The summed E-state index contributed by atoms with van der Waals surface area (Å²) in [7, 11) is 0. The minimum absolute atomic E-state index is 0.620. The molecule has 5 heteroatoms. The van der Waals surface area contributed by atoms with E-state index in [-0.39, 0.29) is 0 Å². The normalized spacial score (nSPS) is 23.2. The third-order valence-electron chi connectivity index (χ3n) is 3.87. The Balaban J connectivity index is 1.63. The Morgan fingerprint density at radius 3 is 2.47 bits per heavy atom. The highest BCUT2D eigenvalue weighted by atomic mass is 15.5. The Bertz CT molecular complexity index is 497. The van der Waals surface area contributed by atoms with Crippen molar-refractivity contribution in [3.8, 4) is 5.69 Å². The predicted molar refractivity (Wildman–Crippen MR) is 74.2 cm³/mol. The number of anilines is 1. The van der Waals surface area contributed by atoms with Gasteiger partial charge in [-0.2, -0.15) is 0 Å². The molecular weight excluding hydrogens is 238 g/mol. The Kier molecular flexibility index (Phi) is 3.44. The molecule has 1 heterocycles. The topological polar surface area (TPSA) is 55.6 Å². The van der Waals surface area contributed by atoms with Crippen LogP contribution in [-0.4, -0.2) is 26.2 Å². The molecule has 1 N–H and O–H groups in total. The summed E-state index contributed by atoms with van der Waals surface area (Å²) in [5.41, 5.74) is 2.16. The number of tetrazole rings is 1. The highest BCUT2D eigenvalue weighted by Gasteiger charge is 2.17. The summed E-state index contributed by atoms with van der Waals surface area (Å²) in [4.78, 5) is 0. The number of aromatic nitrogens is 4. The first-order valence-electron chi connectivity index (χ1n) is 6.91. The summed E-state index contributed by atoms with van der Waals surface area (Å²) in [6.07, 6.45) is 6.82. The first-order chi connectivity index (χ1) is 9.31. The lowest BCUT2D eigenvalue weighted by atomic mass is 9.87. The second-order valence-electron chi connectivity index (χ2n) is 5.40. The lowest BCUT2D eigenvalue weighted by Gasteiger charge is -2.27. The Morgan fingerprint density at radius 1 is 1.11 bits per heavy atom. The third-order valence-corrected chi connectivity index (χ3v) is 3.87. The number of nitrogens with zero attached hydrogens (tertiary/aromatic N) is 4. The van der Waals surface area contributed by atoms with Crippen LogP contribution in [-0.2, 0) is 0 Å². The van der Waals surface area contributed by atoms with Crippen molar-refractivity contribution in [1.82, 2.24) is 20.2 Å². The molecule has 1 aromatic heterocycles. The van der Waals surface area contributed by atoms with Gasteiger partial charge in [0.05, 0.1) is 5.69 Å². The van der Waals surface area contributed by atoms with Crippen LogP contribution >= 0.6 is 0 Å². The molecule has 1 aliphatic rings. The molecule has 0 saturated heterocycles. The summed E-state index contributed by atoms with van der Waals surface area (Å²) in [5.74, 6) is 0.889. The first kappa shape index (κ1) is 12.1. The van der Waals surface area contributed by atoms with Gasteiger partial charge in [-0.15, -0.1) is 5.10 Å². The van der Waals surface area contributed by atoms with Gasteiger partial charge in [0.15, 0.2) is 0 Å². The molecule has 2 aromatic rings. The summed E-state index contributed by atoms with van der Waals surface area (Å²) in [6.45, 7) is 2.34. The van der Waals surface area contributed by atoms with E-state index in [2.05, 4.69) is 39.9 Å². The van der Waals surface area contributed by atoms with Crippen molar-refractivity contribution in [2.45, 2.75) is 38.6 Å². The van der Waals surface area contributed by atoms with Crippen LogP contribution in [0.4, 0.5) is 5.69 Å². The quantitative estimate of drug-likeness (QED) is 0.918. The molecule has 0 bridgehead atoms. The van der Waals surface area contributed by atoms with Crippen LogP contribution in [0.3, 0.4) is 0 Å². The van der Waals surface area contributed by atoms with E-state index in [0.29, 0.717) is 6.04 Å². The van der Waals surface area contributed by atoms with Crippen molar-refractivity contribution in [2.75, 3.05) is 5.32 Å². The molecule has 1 aromatic carbocycles. The minimum Gasteiger partial charge on any atom is -0.382 e. The van der Waals surface area contributed by atoms with Crippen LogP contribution in [0.2, 0.25) is 0 Å². The fourth-order valence-electron chi connectivity index (χ4n) is 2.63. The van der Waals surface area contributed by atoms with Gasteiger partial charge >= 0.3 is 0 Å². The van der Waals surface area contributed by atoms with Crippen LogP contribution in [0.25, 0.3) is 5.69 Å². The van der Waals surface area contributed by atoms with Crippen LogP contribution in [0.15, 0.2) is 30.6 Å². The molecule has 0 radical (unpaired) electrons. The molecule has 0 amide bonds. The monoisotopic (exact) mass is 257 g/mol. The molecule has 5 nitrogen and oxygen atoms in total. The fourth-order valence-corrected chi connectivity index (χ4v) is 2.63. The maximum absolute atomic E-state index is 3.88. The van der Waals surface area contributed by atoms with Crippen molar-refractivity contribution >= 4 is 5.69 Å². The van der Waals surface area contributed by atoms with Crippen LogP contribution in [0.1, 0.15) is 32.6 Å². The second kappa shape index (κ2) is 5.38. The maximum Gasteiger partial charge on any atom is 0.143 e. The molecule has 3 rings (SSSR count). The van der Waals surface area contributed by atoms with Crippen molar-refractivity contribution in [3.63, 3.8) is 0 Å². The van der Waals surface area contributed by atoms with E-state index >= 15 is 0 Å². The second-order valence-corrected chi connectivity index (χ2v) is 5.40. The van der Waals surface area contributed by atoms with Gasteiger partial charge in [0, 0.05) is 11.7 Å². The number of rotatable bonds is 3. The number of benzene rings is 1. The Morgan fingerprint density at radius 2 is 1.84 bits per heavy atom. The van der Waals surface area contributed by atoms with E-state index in [4.69, 9.17) is 0 Å². The third kappa shape index (κ3) is 2.92. The summed E-state index contributed by atoms with van der Waals surface area (Å²) >= 11 is 0. The van der Waals surface area contributed by atoms with Crippen LogP contribution < -0.4 is 5.32 Å². The largest absolute Gasteiger partial charge is 0.382 e. The first-order valence-corrected chi connectivity index (χ1v) is 6.91. The highest BCUT2D eigenvalue weighted by molar-refractivity contribution is 5.49. The molecule has 0 aliphatic heterocycles. The van der Waals surface area contributed by atoms with Gasteiger partial charge in [-0.25, -0.2) is 4.68 Å². The van der Waals surface area contributed by atoms with E-state index in [1.807, 2.05) is 12.1 Å². The van der Waals surface area contributed by atoms with E-state index in [1.54, 1.807) is 11.0 Å². The smallest absolute Gasteiger partial charge is 0.143 e.